The van der Waals surface area contributed by atoms with Crippen molar-refractivity contribution < 1.29 is 21.4 Å². The maximum absolute atomic E-state index is 13.6. The molecule has 0 saturated heterocycles. The van der Waals surface area contributed by atoms with Gasteiger partial charge >= 0.3 is 10.1 Å². The lowest BCUT2D eigenvalue weighted by atomic mass is 10.1. The van der Waals surface area contributed by atoms with E-state index < -0.39 is 26.6 Å². The Morgan fingerprint density at radius 3 is 2.05 bits per heavy atom. The minimum absolute atomic E-state index is 0.157. The molecule has 0 spiro atoms. The number of benzene rings is 2. The molecule has 0 atom stereocenters. The average Bonchev–Trinajstić information content (AvgIpc) is 2.33. The van der Waals surface area contributed by atoms with Gasteiger partial charge in [-0.05, 0) is 44.0 Å². The first kappa shape index (κ1) is 15.4. The minimum Gasteiger partial charge on any atom is -0.378 e. The Balaban J connectivity index is 2.47. The molecule has 0 unspecified atom stereocenters. The Hall–Kier alpha value is -1.95. The van der Waals surface area contributed by atoms with E-state index in [4.69, 9.17) is 4.18 Å². The Kier molecular flexibility index (Phi) is 4.00. The zero-order valence-electron chi connectivity index (χ0n) is 11.8. The summed E-state index contributed by atoms with van der Waals surface area (Å²) in [7, 11) is -4.36. The first-order valence-corrected chi connectivity index (χ1v) is 7.59. The quantitative estimate of drug-likeness (QED) is 0.812. The second-order valence-electron chi connectivity index (χ2n) is 4.84. The van der Waals surface area contributed by atoms with Gasteiger partial charge in [-0.15, -0.1) is 0 Å². The molecule has 0 N–H and O–H groups in total. The van der Waals surface area contributed by atoms with Crippen LogP contribution in [0, 0.1) is 32.4 Å². The van der Waals surface area contributed by atoms with Gasteiger partial charge in [-0.25, -0.2) is 8.78 Å². The topological polar surface area (TPSA) is 43.4 Å². The van der Waals surface area contributed by atoms with Crippen molar-refractivity contribution in [3.05, 3.63) is 58.7 Å². The number of aryl methyl sites for hydroxylation is 3. The lowest BCUT2D eigenvalue weighted by Gasteiger charge is -2.13. The largest absolute Gasteiger partial charge is 0.378 e. The summed E-state index contributed by atoms with van der Waals surface area (Å²) in [5, 5.41) is 0. The summed E-state index contributed by atoms with van der Waals surface area (Å²) >= 11 is 0. The third-order valence-electron chi connectivity index (χ3n) is 2.96. The Bertz CT molecular complexity index is 776. The van der Waals surface area contributed by atoms with Gasteiger partial charge in [-0.2, -0.15) is 8.42 Å². The van der Waals surface area contributed by atoms with Gasteiger partial charge in [0.25, 0.3) is 0 Å². The summed E-state index contributed by atoms with van der Waals surface area (Å²) in [4.78, 5) is -0.691. The van der Waals surface area contributed by atoms with E-state index in [2.05, 4.69) is 0 Å². The molecule has 0 aliphatic rings. The molecule has 0 amide bonds. The number of rotatable bonds is 3. The van der Waals surface area contributed by atoms with Gasteiger partial charge in [0, 0.05) is 6.07 Å². The van der Waals surface area contributed by atoms with E-state index in [0.29, 0.717) is 17.2 Å². The molecule has 3 nitrogen and oxygen atoms in total. The minimum atomic E-state index is -4.36. The van der Waals surface area contributed by atoms with Crippen LogP contribution in [0.5, 0.6) is 5.75 Å². The highest BCUT2D eigenvalue weighted by Crippen LogP contribution is 2.28. The predicted octanol–water partition coefficient (Wildman–Crippen LogP) is 3.66. The van der Waals surface area contributed by atoms with Crippen molar-refractivity contribution in [2.75, 3.05) is 0 Å². The SMILES string of the molecule is Cc1cc(C)c(OS(=O)(=O)c2ccc(F)cc2F)c(C)c1. The van der Waals surface area contributed by atoms with Gasteiger partial charge in [-0.3, -0.25) is 0 Å². The normalized spacial score (nSPS) is 11.5. The summed E-state index contributed by atoms with van der Waals surface area (Å²) in [6.45, 7) is 5.27. The lowest BCUT2D eigenvalue weighted by Crippen LogP contribution is -2.13. The molecule has 2 rings (SSSR count). The zero-order valence-corrected chi connectivity index (χ0v) is 12.6. The van der Waals surface area contributed by atoms with Crippen LogP contribution in [-0.4, -0.2) is 8.42 Å². The highest BCUT2D eigenvalue weighted by Gasteiger charge is 2.23. The van der Waals surface area contributed by atoms with E-state index in [9.17, 15) is 17.2 Å². The molecule has 0 bridgehead atoms. The van der Waals surface area contributed by atoms with Crippen molar-refractivity contribution in [3.63, 3.8) is 0 Å². The molecule has 2 aromatic rings. The van der Waals surface area contributed by atoms with Gasteiger partial charge in [-0.1, -0.05) is 17.7 Å². The molecule has 112 valence electrons. The van der Waals surface area contributed by atoms with Gasteiger partial charge in [0.1, 0.15) is 22.3 Å². The lowest BCUT2D eigenvalue weighted by molar-refractivity contribution is 0.471. The predicted molar refractivity (Wildman–Crippen MR) is 74.8 cm³/mol. The van der Waals surface area contributed by atoms with Crippen LogP contribution >= 0.6 is 0 Å². The Morgan fingerprint density at radius 2 is 1.52 bits per heavy atom. The third kappa shape index (κ3) is 3.21. The maximum atomic E-state index is 13.6. The Labute approximate surface area is 122 Å². The van der Waals surface area contributed by atoms with Crippen LogP contribution in [0.25, 0.3) is 0 Å². The smallest absolute Gasteiger partial charge is 0.342 e. The van der Waals surface area contributed by atoms with Gasteiger partial charge < -0.3 is 4.18 Å². The summed E-state index contributed by atoms with van der Waals surface area (Å²) in [5.41, 5.74) is 2.21. The molecular formula is C15H14F2O3S. The molecular weight excluding hydrogens is 298 g/mol. The molecule has 0 radical (unpaired) electrons. The van der Waals surface area contributed by atoms with E-state index in [1.165, 1.54) is 0 Å². The Morgan fingerprint density at radius 1 is 0.952 bits per heavy atom. The molecule has 0 aliphatic carbocycles. The molecule has 21 heavy (non-hydrogen) atoms. The molecule has 0 fully saturated rings. The molecule has 2 aromatic carbocycles. The van der Waals surface area contributed by atoms with Crippen molar-refractivity contribution in [3.8, 4) is 5.75 Å². The first-order valence-electron chi connectivity index (χ1n) is 6.18. The van der Waals surface area contributed by atoms with Gasteiger partial charge in [0.2, 0.25) is 0 Å². The monoisotopic (exact) mass is 312 g/mol. The van der Waals surface area contributed by atoms with Crippen LogP contribution in [0.4, 0.5) is 8.78 Å². The zero-order chi connectivity index (χ0) is 15.8. The van der Waals surface area contributed by atoms with Crippen molar-refractivity contribution >= 4 is 10.1 Å². The fourth-order valence-electron chi connectivity index (χ4n) is 2.13. The first-order chi connectivity index (χ1) is 9.70. The standard InChI is InChI=1S/C15H14F2O3S/c1-9-6-10(2)15(11(3)7-9)20-21(18,19)14-5-4-12(16)8-13(14)17/h4-8H,1-3H3. The van der Waals surface area contributed by atoms with Crippen molar-refractivity contribution in [2.24, 2.45) is 0 Å². The summed E-state index contributed by atoms with van der Waals surface area (Å²) in [5.74, 6) is -1.88. The maximum Gasteiger partial charge on any atom is 0.342 e. The second kappa shape index (κ2) is 5.44. The van der Waals surface area contributed by atoms with Gasteiger partial charge in [0.05, 0.1) is 0 Å². The van der Waals surface area contributed by atoms with Crippen LogP contribution in [0.15, 0.2) is 35.2 Å². The fourth-order valence-corrected chi connectivity index (χ4v) is 3.24. The highest BCUT2D eigenvalue weighted by molar-refractivity contribution is 7.87. The third-order valence-corrected chi connectivity index (χ3v) is 4.22. The van der Waals surface area contributed by atoms with Crippen LogP contribution < -0.4 is 4.18 Å². The number of hydrogen-bond donors (Lipinski definition) is 0. The number of hydrogen-bond acceptors (Lipinski definition) is 3. The summed E-state index contributed by atoms with van der Waals surface area (Å²) in [6.07, 6.45) is 0. The molecule has 0 aromatic heterocycles. The van der Waals surface area contributed by atoms with Crippen LogP contribution in [0.1, 0.15) is 16.7 Å². The van der Waals surface area contributed by atoms with Crippen LogP contribution in [-0.2, 0) is 10.1 Å². The highest BCUT2D eigenvalue weighted by atomic mass is 32.2. The second-order valence-corrected chi connectivity index (χ2v) is 6.35. The molecule has 0 aliphatic heterocycles. The van der Waals surface area contributed by atoms with E-state index in [0.717, 1.165) is 17.7 Å². The van der Waals surface area contributed by atoms with E-state index >= 15 is 0 Å². The van der Waals surface area contributed by atoms with Crippen LogP contribution in [0.3, 0.4) is 0 Å². The van der Waals surface area contributed by atoms with Crippen molar-refractivity contribution in [1.29, 1.82) is 0 Å². The fraction of sp³-hybridized carbons (Fsp3) is 0.200. The van der Waals surface area contributed by atoms with E-state index in [1.807, 2.05) is 6.92 Å². The number of halogens is 2. The molecule has 0 saturated carbocycles. The summed E-state index contributed by atoms with van der Waals surface area (Å²) < 4.78 is 55.8. The van der Waals surface area contributed by atoms with Crippen molar-refractivity contribution in [2.45, 2.75) is 25.7 Å². The van der Waals surface area contributed by atoms with Crippen molar-refractivity contribution in [1.82, 2.24) is 0 Å². The summed E-state index contributed by atoms with van der Waals surface area (Å²) in [6, 6.07) is 5.75. The van der Waals surface area contributed by atoms with Gasteiger partial charge in [0.15, 0.2) is 0 Å². The molecule has 6 heteroatoms. The van der Waals surface area contributed by atoms with E-state index in [1.54, 1.807) is 26.0 Å². The van der Waals surface area contributed by atoms with E-state index in [-0.39, 0.29) is 5.75 Å². The molecule has 0 heterocycles. The average molecular weight is 312 g/mol. The van der Waals surface area contributed by atoms with Crippen LogP contribution in [0.2, 0.25) is 0 Å².